The fraction of sp³-hybridized carbons (Fsp3) is 0.375. The van der Waals surface area contributed by atoms with Crippen molar-refractivity contribution in [2.24, 2.45) is 0 Å². The molecule has 1 aromatic heterocycles. The van der Waals surface area contributed by atoms with Crippen LogP contribution in [0.1, 0.15) is 29.8 Å². The second-order valence-corrected chi connectivity index (χ2v) is 6.25. The molecule has 1 aliphatic heterocycles. The minimum Gasteiger partial charge on any atom is -0.351 e. The Morgan fingerprint density at radius 3 is 2.91 bits per heavy atom. The van der Waals surface area contributed by atoms with E-state index in [0.29, 0.717) is 25.2 Å². The number of fused-ring (bicyclic) bond motifs is 1. The number of halogens is 1. The van der Waals surface area contributed by atoms with E-state index in [1.807, 2.05) is 29.2 Å². The van der Waals surface area contributed by atoms with Crippen molar-refractivity contribution >= 4 is 38.6 Å². The van der Waals surface area contributed by atoms with Crippen molar-refractivity contribution < 1.29 is 9.59 Å². The Kier molecular flexibility index (Phi) is 4.47. The average molecular weight is 364 g/mol. The van der Waals surface area contributed by atoms with Crippen molar-refractivity contribution in [3.05, 3.63) is 34.4 Å². The molecule has 22 heavy (non-hydrogen) atoms. The smallest absolute Gasteiger partial charge is 0.268 e. The van der Waals surface area contributed by atoms with Crippen LogP contribution in [-0.4, -0.2) is 41.3 Å². The molecule has 3 rings (SSSR count). The highest BCUT2D eigenvalue weighted by atomic mass is 79.9. The van der Waals surface area contributed by atoms with Crippen molar-refractivity contribution in [3.63, 3.8) is 0 Å². The number of hydrogen-bond donors (Lipinski definition) is 2. The van der Waals surface area contributed by atoms with Crippen LogP contribution in [-0.2, 0) is 4.79 Å². The number of benzene rings is 1. The quantitative estimate of drug-likeness (QED) is 0.802. The van der Waals surface area contributed by atoms with Gasteiger partial charge in [-0.15, -0.1) is 0 Å². The summed E-state index contributed by atoms with van der Waals surface area (Å²) in [7, 11) is 0. The zero-order chi connectivity index (χ0) is 15.5. The molecule has 1 fully saturated rings. The summed E-state index contributed by atoms with van der Waals surface area (Å²) in [6.07, 6.45) is 2.39. The third-order valence-corrected chi connectivity index (χ3v) is 4.76. The number of likely N-dealkylation sites (tertiary alicyclic amines) is 1. The van der Waals surface area contributed by atoms with Gasteiger partial charge in [-0.25, -0.2) is 0 Å². The average Bonchev–Trinajstić information content (AvgIpc) is 3.08. The van der Waals surface area contributed by atoms with Gasteiger partial charge in [0.2, 0.25) is 5.91 Å². The molecule has 2 heterocycles. The van der Waals surface area contributed by atoms with Crippen LogP contribution in [0.3, 0.4) is 0 Å². The number of aromatic nitrogens is 1. The number of H-pyrrole nitrogens is 1. The van der Waals surface area contributed by atoms with Gasteiger partial charge in [-0.1, -0.05) is 18.2 Å². The van der Waals surface area contributed by atoms with Gasteiger partial charge in [0.1, 0.15) is 5.69 Å². The summed E-state index contributed by atoms with van der Waals surface area (Å²) in [5.41, 5.74) is 1.47. The number of hydrogen-bond acceptors (Lipinski definition) is 2. The number of nitrogens with one attached hydrogen (secondary N) is 2. The van der Waals surface area contributed by atoms with Crippen molar-refractivity contribution in [3.8, 4) is 0 Å². The molecule has 116 valence electrons. The summed E-state index contributed by atoms with van der Waals surface area (Å²) in [5, 5.41) is 3.90. The number of aromatic amines is 1. The first-order chi connectivity index (χ1) is 10.7. The maximum Gasteiger partial charge on any atom is 0.268 e. The number of amides is 2. The Morgan fingerprint density at radius 1 is 1.36 bits per heavy atom. The van der Waals surface area contributed by atoms with E-state index in [0.717, 1.165) is 34.8 Å². The van der Waals surface area contributed by atoms with Gasteiger partial charge in [0, 0.05) is 37.0 Å². The Balaban J connectivity index is 1.55. The molecule has 0 saturated carbocycles. The lowest BCUT2D eigenvalue weighted by atomic mass is 10.2. The summed E-state index contributed by atoms with van der Waals surface area (Å²) < 4.78 is 0.787. The van der Waals surface area contributed by atoms with Gasteiger partial charge in [-0.05, 0) is 34.8 Å². The first-order valence-electron chi connectivity index (χ1n) is 7.49. The second-order valence-electron chi connectivity index (χ2n) is 5.45. The normalized spacial score (nSPS) is 14.8. The van der Waals surface area contributed by atoms with Crippen molar-refractivity contribution in [1.82, 2.24) is 15.2 Å². The molecule has 0 bridgehead atoms. The van der Waals surface area contributed by atoms with E-state index in [1.165, 1.54) is 0 Å². The topological polar surface area (TPSA) is 65.2 Å². The third-order valence-electron chi connectivity index (χ3n) is 3.93. The number of nitrogens with zero attached hydrogens (tertiary/aromatic N) is 1. The summed E-state index contributed by atoms with van der Waals surface area (Å²) in [6, 6.07) is 7.78. The van der Waals surface area contributed by atoms with Crippen LogP contribution in [0.2, 0.25) is 0 Å². The minimum atomic E-state index is -0.129. The van der Waals surface area contributed by atoms with Crippen molar-refractivity contribution in [1.29, 1.82) is 0 Å². The first kappa shape index (κ1) is 15.1. The predicted octanol–water partition coefficient (Wildman–Crippen LogP) is 2.67. The lowest BCUT2D eigenvalue weighted by Crippen LogP contribution is -2.30. The second kappa shape index (κ2) is 6.52. The molecule has 0 spiro atoms. The molecule has 0 radical (unpaired) electrons. The monoisotopic (exact) mass is 363 g/mol. The molecule has 2 N–H and O–H groups in total. The van der Waals surface area contributed by atoms with Crippen LogP contribution >= 0.6 is 15.9 Å². The van der Waals surface area contributed by atoms with Crippen molar-refractivity contribution in [2.45, 2.75) is 19.3 Å². The molecule has 6 heteroatoms. The molecule has 1 aliphatic rings. The largest absolute Gasteiger partial charge is 0.351 e. The predicted molar refractivity (Wildman–Crippen MR) is 88.8 cm³/mol. The molecule has 2 aromatic rings. The van der Waals surface area contributed by atoms with E-state index < -0.39 is 0 Å². The summed E-state index contributed by atoms with van der Waals surface area (Å²) in [5.74, 6) is 0.0977. The maximum absolute atomic E-state index is 12.2. The number of carbonyl (C=O) groups is 2. The van der Waals surface area contributed by atoms with Crippen LogP contribution in [0.4, 0.5) is 0 Å². The molecule has 2 amide bonds. The highest BCUT2D eigenvalue weighted by Crippen LogP contribution is 2.27. The van der Waals surface area contributed by atoms with Crippen LogP contribution in [0.15, 0.2) is 28.7 Å². The number of rotatable bonds is 5. The summed E-state index contributed by atoms with van der Waals surface area (Å²) in [6.45, 7) is 2.12. The van der Waals surface area contributed by atoms with Gasteiger partial charge < -0.3 is 15.2 Å². The minimum absolute atomic E-state index is 0.129. The van der Waals surface area contributed by atoms with Crippen LogP contribution in [0.25, 0.3) is 10.9 Å². The Hall–Kier alpha value is -1.82. The van der Waals surface area contributed by atoms with E-state index in [2.05, 4.69) is 26.2 Å². The van der Waals surface area contributed by atoms with Crippen LogP contribution in [0, 0.1) is 0 Å². The van der Waals surface area contributed by atoms with Crippen molar-refractivity contribution in [2.75, 3.05) is 19.6 Å². The Bertz CT molecular complexity index is 710. The fourth-order valence-corrected chi connectivity index (χ4v) is 3.39. The van der Waals surface area contributed by atoms with Gasteiger partial charge in [0.25, 0.3) is 5.91 Å². The van der Waals surface area contributed by atoms with E-state index in [9.17, 15) is 9.59 Å². The lowest BCUT2D eigenvalue weighted by Gasteiger charge is -2.15. The first-order valence-corrected chi connectivity index (χ1v) is 8.28. The number of carbonyl (C=O) groups excluding carboxylic acids is 2. The highest BCUT2D eigenvalue weighted by Gasteiger charge is 2.19. The van der Waals surface area contributed by atoms with Gasteiger partial charge >= 0.3 is 0 Å². The SMILES string of the molecule is O=C(NCCCN1CCCC1=O)c1[nH]c2ccccc2c1Br. The van der Waals surface area contributed by atoms with Crippen LogP contribution < -0.4 is 5.32 Å². The summed E-state index contributed by atoms with van der Waals surface area (Å²) in [4.78, 5) is 28.7. The molecular weight excluding hydrogens is 346 g/mol. The third kappa shape index (κ3) is 3.02. The summed E-state index contributed by atoms with van der Waals surface area (Å²) >= 11 is 3.48. The molecule has 1 aromatic carbocycles. The molecular formula is C16H18BrN3O2. The van der Waals surface area contributed by atoms with E-state index >= 15 is 0 Å². The molecule has 0 atom stereocenters. The lowest BCUT2D eigenvalue weighted by molar-refractivity contribution is -0.127. The fourth-order valence-electron chi connectivity index (χ4n) is 2.76. The maximum atomic E-state index is 12.2. The molecule has 1 saturated heterocycles. The van der Waals surface area contributed by atoms with Gasteiger partial charge in [-0.2, -0.15) is 0 Å². The zero-order valence-corrected chi connectivity index (χ0v) is 13.8. The van der Waals surface area contributed by atoms with Crippen LogP contribution in [0.5, 0.6) is 0 Å². The van der Waals surface area contributed by atoms with E-state index in [-0.39, 0.29) is 11.8 Å². The molecule has 0 unspecified atom stereocenters. The number of para-hydroxylation sites is 1. The van der Waals surface area contributed by atoms with Gasteiger partial charge in [-0.3, -0.25) is 9.59 Å². The van der Waals surface area contributed by atoms with E-state index in [1.54, 1.807) is 0 Å². The standard InChI is InChI=1S/C16H18BrN3O2/c17-14-11-5-1-2-6-12(11)19-15(14)16(22)18-8-4-10-20-9-3-7-13(20)21/h1-2,5-6,19H,3-4,7-10H2,(H,18,22). The Labute approximate surface area is 137 Å². The highest BCUT2D eigenvalue weighted by molar-refractivity contribution is 9.10. The van der Waals surface area contributed by atoms with Gasteiger partial charge in [0.15, 0.2) is 0 Å². The Morgan fingerprint density at radius 2 is 2.18 bits per heavy atom. The van der Waals surface area contributed by atoms with Gasteiger partial charge in [0.05, 0.1) is 4.47 Å². The van der Waals surface area contributed by atoms with E-state index in [4.69, 9.17) is 0 Å². The molecule has 0 aliphatic carbocycles. The zero-order valence-electron chi connectivity index (χ0n) is 12.2. The molecule has 5 nitrogen and oxygen atoms in total.